The van der Waals surface area contributed by atoms with E-state index in [-0.39, 0.29) is 0 Å². The van der Waals surface area contributed by atoms with E-state index >= 15 is 0 Å². The predicted molar refractivity (Wildman–Crippen MR) is 92.1 cm³/mol. The first-order chi connectivity index (χ1) is 11.8. The van der Waals surface area contributed by atoms with Crippen LogP contribution in [0.15, 0.2) is 48.5 Å². The molecule has 3 rings (SSSR count). The first kappa shape index (κ1) is 17.1. The van der Waals surface area contributed by atoms with Gasteiger partial charge in [-0.3, -0.25) is 0 Å². The molecule has 1 heterocycles. The van der Waals surface area contributed by atoms with E-state index in [0.717, 1.165) is 28.8 Å². The zero-order chi connectivity index (χ0) is 18.2. The number of hydrogen-bond acceptors (Lipinski definition) is 2. The van der Waals surface area contributed by atoms with Crippen LogP contribution in [0.4, 0.5) is 13.2 Å². The van der Waals surface area contributed by atoms with Crippen molar-refractivity contribution in [3.8, 4) is 22.5 Å². The lowest BCUT2D eigenvalue weighted by Gasteiger charge is -2.11. The van der Waals surface area contributed by atoms with Gasteiger partial charge in [0, 0.05) is 11.1 Å². The molecule has 0 fully saturated rings. The van der Waals surface area contributed by atoms with E-state index in [1.807, 2.05) is 20.8 Å². The largest absolute Gasteiger partial charge is 0.416 e. The molecule has 5 heteroatoms. The van der Waals surface area contributed by atoms with Gasteiger partial charge >= 0.3 is 6.18 Å². The smallest absolute Gasteiger partial charge is 0.166 e. The molecule has 2 nitrogen and oxygen atoms in total. The molecule has 0 unspecified atom stereocenters. The van der Waals surface area contributed by atoms with E-state index in [4.69, 9.17) is 0 Å². The molecule has 3 aromatic rings. The molecule has 0 spiro atoms. The van der Waals surface area contributed by atoms with Gasteiger partial charge in [-0.2, -0.15) is 13.2 Å². The molecule has 0 bridgehead atoms. The molecular weight excluding hydrogens is 325 g/mol. The van der Waals surface area contributed by atoms with Gasteiger partial charge in [0.25, 0.3) is 0 Å². The van der Waals surface area contributed by atoms with Crippen LogP contribution >= 0.6 is 0 Å². The fraction of sp³-hybridized carbons (Fsp3) is 0.200. The summed E-state index contributed by atoms with van der Waals surface area (Å²) in [6.45, 7) is 6.06. The third-order valence-corrected chi connectivity index (χ3v) is 4.08. The summed E-state index contributed by atoms with van der Waals surface area (Å²) in [6, 6.07) is 12.8. The molecule has 0 N–H and O–H groups in total. The van der Waals surface area contributed by atoms with Crippen molar-refractivity contribution in [3.05, 3.63) is 70.8 Å². The molecule has 0 aliphatic heterocycles. The van der Waals surface area contributed by atoms with Gasteiger partial charge in [-0.25, -0.2) is 0 Å². The van der Waals surface area contributed by atoms with Crippen molar-refractivity contribution >= 4 is 0 Å². The van der Waals surface area contributed by atoms with Crippen LogP contribution in [0.2, 0.25) is 0 Å². The van der Waals surface area contributed by atoms with Crippen molar-refractivity contribution in [2.24, 2.45) is 0 Å². The SMILES string of the molecule is Cc1cc(C)c(-c2ccc(-c3cccc(C(F)(F)F)c3)nn2)c(C)c1. The Labute approximate surface area is 144 Å². The van der Waals surface area contributed by atoms with E-state index in [2.05, 4.69) is 22.3 Å². The maximum absolute atomic E-state index is 12.9. The van der Waals surface area contributed by atoms with E-state index in [1.165, 1.54) is 11.6 Å². The number of aryl methyl sites for hydroxylation is 3. The minimum atomic E-state index is -4.38. The Kier molecular flexibility index (Phi) is 4.33. The molecule has 0 radical (unpaired) electrons. The minimum Gasteiger partial charge on any atom is -0.166 e. The van der Waals surface area contributed by atoms with Gasteiger partial charge < -0.3 is 0 Å². The number of hydrogen-bond donors (Lipinski definition) is 0. The predicted octanol–water partition coefficient (Wildman–Crippen LogP) is 5.75. The Morgan fingerprint density at radius 1 is 0.760 bits per heavy atom. The average Bonchev–Trinajstić information content (AvgIpc) is 2.54. The number of alkyl halides is 3. The second kappa shape index (κ2) is 6.31. The maximum atomic E-state index is 12.9. The quantitative estimate of drug-likeness (QED) is 0.592. The summed E-state index contributed by atoms with van der Waals surface area (Å²) in [6.07, 6.45) is -4.38. The molecule has 0 amide bonds. The Hall–Kier alpha value is -2.69. The van der Waals surface area contributed by atoms with Crippen molar-refractivity contribution in [1.29, 1.82) is 0 Å². The van der Waals surface area contributed by atoms with Crippen LogP contribution < -0.4 is 0 Å². The summed E-state index contributed by atoms with van der Waals surface area (Å²) < 4.78 is 38.6. The number of aromatic nitrogens is 2. The number of nitrogens with zero attached hydrogens (tertiary/aromatic N) is 2. The number of benzene rings is 2. The summed E-state index contributed by atoms with van der Waals surface area (Å²) in [5.41, 5.74) is 5.20. The lowest BCUT2D eigenvalue weighted by atomic mass is 9.97. The van der Waals surface area contributed by atoms with Gasteiger partial charge in [0.1, 0.15) is 0 Å². The number of rotatable bonds is 2. The first-order valence-corrected chi connectivity index (χ1v) is 7.85. The number of halogens is 3. The van der Waals surface area contributed by atoms with E-state index in [9.17, 15) is 13.2 Å². The molecule has 128 valence electrons. The Morgan fingerprint density at radius 2 is 1.36 bits per heavy atom. The van der Waals surface area contributed by atoms with Crippen molar-refractivity contribution in [2.75, 3.05) is 0 Å². The monoisotopic (exact) mass is 342 g/mol. The molecule has 0 atom stereocenters. The second-order valence-electron chi connectivity index (χ2n) is 6.16. The van der Waals surface area contributed by atoms with Crippen molar-refractivity contribution in [3.63, 3.8) is 0 Å². The van der Waals surface area contributed by atoms with Crippen LogP contribution in [0.25, 0.3) is 22.5 Å². The van der Waals surface area contributed by atoms with Crippen LogP contribution in [-0.2, 0) is 6.18 Å². The normalized spacial score (nSPS) is 11.6. The highest BCUT2D eigenvalue weighted by atomic mass is 19.4. The summed E-state index contributed by atoms with van der Waals surface area (Å²) >= 11 is 0. The molecular formula is C20H17F3N2. The van der Waals surface area contributed by atoms with Crippen LogP contribution in [-0.4, -0.2) is 10.2 Å². The maximum Gasteiger partial charge on any atom is 0.416 e. The first-order valence-electron chi connectivity index (χ1n) is 7.85. The van der Waals surface area contributed by atoms with E-state index in [0.29, 0.717) is 17.0 Å². The molecule has 0 aliphatic rings. The third kappa shape index (κ3) is 3.55. The standard InChI is InChI=1S/C20H17F3N2/c1-12-9-13(2)19(14(3)10-12)18-8-7-17(24-25-18)15-5-4-6-16(11-15)20(21,22)23/h4-11H,1-3H3. The van der Waals surface area contributed by atoms with Crippen molar-refractivity contribution in [2.45, 2.75) is 26.9 Å². The molecule has 0 aliphatic carbocycles. The Bertz CT molecular complexity index is 890. The molecule has 25 heavy (non-hydrogen) atoms. The van der Waals surface area contributed by atoms with Gasteiger partial charge in [0.15, 0.2) is 0 Å². The summed E-state index contributed by atoms with van der Waals surface area (Å²) in [7, 11) is 0. The second-order valence-corrected chi connectivity index (χ2v) is 6.16. The van der Waals surface area contributed by atoms with Gasteiger partial charge in [-0.1, -0.05) is 29.8 Å². The third-order valence-electron chi connectivity index (χ3n) is 4.08. The molecule has 0 saturated carbocycles. The molecule has 2 aromatic carbocycles. The van der Waals surface area contributed by atoms with Crippen LogP contribution in [0.3, 0.4) is 0 Å². The summed E-state index contributed by atoms with van der Waals surface area (Å²) in [4.78, 5) is 0. The minimum absolute atomic E-state index is 0.395. The average molecular weight is 342 g/mol. The lowest BCUT2D eigenvalue weighted by Crippen LogP contribution is -2.04. The fourth-order valence-corrected chi connectivity index (χ4v) is 3.06. The van der Waals surface area contributed by atoms with Crippen LogP contribution in [0, 0.1) is 20.8 Å². The van der Waals surface area contributed by atoms with E-state index < -0.39 is 11.7 Å². The lowest BCUT2D eigenvalue weighted by molar-refractivity contribution is -0.137. The van der Waals surface area contributed by atoms with Gasteiger partial charge in [0.2, 0.25) is 0 Å². The van der Waals surface area contributed by atoms with Crippen molar-refractivity contribution in [1.82, 2.24) is 10.2 Å². The summed E-state index contributed by atoms with van der Waals surface area (Å²) in [5.74, 6) is 0. The van der Waals surface area contributed by atoms with E-state index in [1.54, 1.807) is 18.2 Å². The van der Waals surface area contributed by atoms with Crippen LogP contribution in [0.1, 0.15) is 22.3 Å². The zero-order valence-electron chi connectivity index (χ0n) is 14.1. The molecule has 0 saturated heterocycles. The van der Waals surface area contributed by atoms with Crippen molar-refractivity contribution < 1.29 is 13.2 Å². The van der Waals surface area contributed by atoms with Gasteiger partial charge in [-0.05, 0) is 56.2 Å². The molecule has 1 aromatic heterocycles. The zero-order valence-corrected chi connectivity index (χ0v) is 14.1. The van der Waals surface area contributed by atoms with Gasteiger partial charge in [-0.15, -0.1) is 10.2 Å². The fourth-order valence-electron chi connectivity index (χ4n) is 3.06. The topological polar surface area (TPSA) is 25.8 Å². The summed E-state index contributed by atoms with van der Waals surface area (Å²) in [5, 5.41) is 8.37. The Balaban J connectivity index is 1.99. The highest BCUT2D eigenvalue weighted by molar-refractivity contribution is 5.69. The highest BCUT2D eigenvalue weighted by Gasteiger charge is 2.30. The Morgan fingerprint density at radius 3 is 1.92 bits per heavy atom. The van der Waals surface area contributed by atoms with Crippen LogP contribution in [0.5, 0.6) is 0 Å². The van der Waals surface area contributed by atoms with Gasteiger partial charge in [0.05, 0.1) is 17.0 Å². The highest BCUT2D eigenvalue weighted by Crippen LogP contribution is 2.32.